The van der Waals surface area contributed by atoms with Crippen LogP contribution in [0.2, 0.25) is 0 Å². The number of carbonyl (C=O) groups is 1. The Morgan fingerprint density at radius 3 is 2.45 bits per heavy atom. The van der Waals surface area contributed by atoms with Crippen molar-refractivity contribution in [2.75, 3.05) is 0 Å². The number of rotatable bonds is 5. The van der Waals surface area contributed by atoms with Crippen LogP contribution >= 0.6 is 0 Å². The maximum absolute atomic E-state index is 15.7. The van der Waals surface area contributed by atoms with Crippen LogP contribution in [0, 0.1) is 18.7 Å². The summed E-state index contributed by atoms with van der Waals surface area (Å²) in [7, 11) is 1.51. The third-order valence-corrected chi connectivity index (χ3v) is 5.35. The molecular weight excluding hydrogens is 425 g/mol. The van der Waals surface area contributed by atoms with Crippen molar-refractivity contribution in [1.82, 2.24) is 14.6 Å². The molecule has 8 heteroatoms. The first kappa shape index (κ1) is 24.5. The zero-order chi connectivity index (χ0) is 24.7. The van der Waals surface area contributed by atoms with Gasteiger partial charge in [-0.25, -0.2) is 9.18 Å². The second-order valence-corrected chi connectivity index (χ2v) is 9.83. The van der Waals surface area contributed by atoms with Crippen LogP contribution in [-0.4, -0.2) is 32.4 Å². The number of fused-ring (bicyclic) bond motifs is 3. The van der Waals surface area contributed by atoms with Gasteiger partial charge in [-0.15, -0.1) is 5.06 Å². The van der Waals surface area contributed by atoms with Crippen molar-refractivity contribution in [2.45, 2.75) is 66.5 Å². The molecule has 2 heterocycles. The summed E-state index contributed by atoms with van der Waals surface area (Å²) in [6.07, 6.45) is 1.52. The number of pyridine rings is 2. The number of halogens is 1. The third kappa shape index (κ3) is 4.94. The van der Waals surface area contributed by atoms with Gasteiger partial charge in [0, 0.05) is 18.6 Å². The van der Waals surface area contributed by atoms with Gasteiger partial charge in [0.15, 0.2) is 11.6 Å². The van der Waals surface area contributed by atoms with Crippen molar-refractivity contribution in [3.8, 4) is 5.75 Å². The fourth-order valence-electron chi connectivity index (χ4n) is 3.99. The largest absolute Gasteiger partial charge is 0.443 e. The molecule has 0 aliphatic rings. The number of hydroxylamine groups is 2. The fourth-order valence-corrected chi connectivity index (χ4v) is 3.99. The van der Waals surface area contributed by atoms with E-state index in [2.05, 4.69) is 4.98 Å². The predicted octanol–water partition coefficient (Wildman–Crippen LogP) is 5.50. The van der Waals surface area contributed by atoms with E-state index in [1.54, 1.807) is 46.0 Å². The van der Waals surface area contributed by atoms with E-state index >= 15 is 4.39 Å². The predicted molar refractivity (Wildman–Crippen MR) is 127 cm³/mol. The molecule has 0 spiro atoms. The van der Waals surface area contributed by atoms with Crippen LogP contribution in [0.25, 0.3) is 21.7 Å². The zero-order valence-corrected chi connectivity index (χ0v) is 20.5. The normalized spacial score (nSPS) is 12.9. The van der Waals surface area contributed by atoms with Gasteiger partial charge >= 0.3 is 6.09 Å². The summed E-state index contributed by atoms with van der Waals surface area (Å²) in [5, 5.41) is 2.69. The zero-order valence-electron chi connectivity index (χ0n) is 20.5. The third-order valence-electron chi connectivity index (χ3n) is 5.35. The summed E-state index contributed by atoms with van der Waals surface area (Å²) in [6, 6.07) is 4.49. The molecule has 0 bridgehead atoms. The van der Waals surface area contributed by atoms with Crippen LogP contribution < -0.4 is 10.4 Å². The number of amides is 1. The van der Waals surface area contributed by atoms with Gasteiger partial charge in [0.05, 0.1) is 22.6 Å². The lowest BCUT2D eigenvalue weighted by molar-refractivity contribution is -0.0983. The van der Waals surface area contributed by atoms with Gasteiger partial charge in [0.25, 0.3) is 5.56 Å². The highest BCUT2D eigenvalue weighted by Crippen LogP contribution is 2.31. The van der Waals surface area contributed by atoms with Gasteiger partial charge in [-0.05, 0) is 70.5 Å². The molecule has 0 radical (unpaired) electrons. The molecule has 1 unspecified atom stereocenters. The highest BCUT2D eigenvalue weighted by atomic mass is 19.1. The summed E-state index contributed by atoms with van der Waals surface area (Å²) < 4.78 is 22.5. The van der Waals surface area contributed by atoms with Crippen LogP contribution in [0.5, 0.6) is 5.75 Å². The standard InChI is InChI=1S/C25H32FN3O4/c1-14(2)13-15(3)29(24(31)32-25(5,6)7)33-19-10-9-18-17-11-12-27-16(4)20(17)23(30)28(8)22(18)21(19)26/h9-12,14-15H,13H2,1-8H3. The minimum atomic E-state index is -0.743. The molecule has 0 saturated carbocycles. The molecule has 178 valence electrons. The molecule has 1 atom stereocenters. The first-order chi connectivity index (χ1) is 15.3. The molecule has 0 fully saturated rings. The number of nitrogens with zero attached hydrogens (tertiary/aromatic N) is 3. The Labute approximate surface area is 193 Å². The van der Waals surface area contributed by atoms with Gasteiger partial charge in [0.1, 0.15) is 5.60 Å². The van der Waals surface area contributed by atoms with E-state index in [4.69, 9.17) is 9.57 Å². The Morgan fingerprint density at radius 1 is 1.18 bits per heavy atom. The molecule has 2 aromatic heterocycles. The van der Waals surface area contributed by atoms with Gasteiger partial charge in [-0.2, -0.15) is 0 Å². The lowest BCUT2D eigenvalue weighted by Crippen LogP contribution is -2.45. The Balaban J connectivity index is 2.14. The Hall–Kier alpha value is -3.16. The summed E-state index contributed by atoms with van der Waals surface area (Å²) in [5.41, 5.74) is -0.422. The first-order valence-corrected chi connectivity index (χ1v) is 11.1. The van der Waals surface area contributed by atoms with Crippen molar-refractivity contribution in [3.63, 3.8) is 0 Å². The minimum Gasteiger partial charge on any atom is -0.442 e. The molecule has 7 nitrogen and oxygen atoms in total. The van der Waals surface area contributed by atoms with Gasteiger partial charge in [0.2, 0.25) is 0 Å². The van der Waals surface area contributed by atoms with Crippen LogP contribution in [0.15, 0.2) is 29.2 Å². The second kappa shape index (κ2) is 9.00. The molecule has 3 aromatic rings. The molecule has 0 aliphatic heterocycles. The number of hydrogen-bond acceptors (Lipinski definition) is 5. The van der Waals surface area contributed by atoms with Crippen molar-refractivity contribution < 1.29 is 18.8 Å². The van der Waals surface area contributed by atoms with Crippen molar-refractivity contribution >= 4 is 27.8 Å². The molecule has 1 aromatic carbocycles. The number of aromatic nitrogens is 2. The Morgan fingerprint density at radius 2 is 1.85 bits per heavy atom. The topological polar surface area (TPSA) is 73.7 Å². The lowest BCUT2D eigenvalue weighted by atomic mass is 10.1. The molecular formula is C25H32FN3O4. The van der Waals surface area contributed by atoms with E-state index in [1.807, 2.05) is 20.8 Å². The molecule has 0 N–H and O–H groups in total. The Bertz CT molecular complexity index is 1260. The van der Waals surface area contributed by atoms with Gasteiger partial charge < -0.3 is 14.1 Å². The first-order valence-electron chi connectivity index (χ1n) is 11.1. The number of benzene rings is 1. The molecule has 3 rings (SSSR count). The smallest absolute Gasteiger partial charge is 0.442 e. The number of carbonyl (C=O) groups excluding carboxylic acids is 1. The molecule has 0 aliphatic carbocycles. The van der Waals surface area contributed by atoms with Crippen LogP contribution in [0.3, 0.4) is 0 Å². The summed E-state index contributed by atoms with van der Waals surface area (Å²) in [6.45, 7) is 12.9. The summed E-state index contributed by atoms with van der Waals surface area (Å²) in [4.78, 5) is 35.9. The van der Waals surface area contributed by atoms with E-state index in [1.165, 1.54) is 17.7 Å². The highest BCUT2D eigenvalue weighted by molar-refractivity contribution is 6.06. The monoisotopic (exact) mass is 457 g/mol. The quantitative estimate of drug-likeness (QED) is 0.374. The van der Waals surface area contributed by atoms with E-state index in [0.717, 1.165) is 5.06 Å². The number of hydrogen-bond donors (Lipinski definition) is 0. The van der Waals surface area contributed by atoms with Crippen LogP contribution in [0.1, 0.15) is 53.7 Å². The van der Waals surface area contributed by atoms with Gasteiger partial charge in [-0.1, -0.05) is 13.8 Å². The number of ether oxygens (including phenoxy) is 1. The average Bonchev–Trinajstić information content (AvgIpc) is 2.68. The SMILES string of the molecule is Cc1nccc2c1c(=O)n(C)c1c(F)c(ON(C(=O)OC(C)(C)C)C(C)CC(C)C)ccc21. The summed E-state index contributed by atoms with van der Waals surface area (Å²) in [5.74, 6) is -0.614. The Kier molecular flexibility index (Phi) is 6.68. The maximum atomic E-state index is 15.7. The average molecular weight is 458 g/mol. The van der Waals surface area contributed by atoms with Crippen LogP contribution in [-0.2, 0) is 11.8 Å². The van der Waals surface area contributed by atoms with E-state index in [0.29, 0.717) is 28.3 Å². The van der Waals surface area contributed by atoms with Gasteiger partial charge in [-0.3, -0.25) is 9.78 Å². The molecule has 33 heavy (non-hydrogen) atoms. The maximum Gasteiger partial charge on any atom is 0.443 e. The fraction of sp³-hybridized carbons (Fsp3) is 0.480. The van der Waals surface area contributed by atoms with Crippen molar-refractivity contribution in [2.24, 2.45) is 13.0 Å². The van der Waals surface area contributed by atoms with Crippen molar-refractivity contribution in [1.29, 1.82) is 0 Å². The van der Waals surface area contributed by atoms with E-state index in [-0.39, 0.29) is 28.8 Å². The highest BCUT2D eigenvalue weighted by Gasteiger charge is 2.30. The molecule has 1 amide bonds. The second-order valence-electron chi connectivity index (χ2n) is 9.83. The molecule has 0 saturated heterocycles. The minimum absolute atomic E-state index is 0.0938. The van der Waals surface area contributed by atoms with Crippen molar-refractivity contribution in [3.05, 3.63) is 46.3 Å². The van der Waals surface area contributed by atoms with E-state index in [9.17, 15) is 9.59 Å². The lowest BCUT2D eigenvalue weighted by Gasteiger charge is -2.31. The van der Waals surface area contributed by atoms with E-state index < -0.39 is 17.5 Å². The number of aryl methyl sites for hydroxylation is 2. The van der Waals surface area contributed by atoms with Crippen LogP contribution in [0.4, 0.5) is 9.18 Å². The summed E-state index contributed by atoms with van der Waals surface area (Å²) >= 11 is 0.